The fraction of sp³-hybridized carbons (Fsp3) is 0. The van der Waals surface area contributed by atoms with Crippen LogP contribution >= 0.6 is 0 Å². The molecule has 0 heterocycles. The van der Waals surface area contributed by atoms with Crippen LogP contribution in [0, 0.1) is 5.53 Å². The molecule has 17 heavy (non-hydrogen) atoms. The van der Waals surface area contributed by atoms with E-state index in [1.807, 2.05) is 6.07 Å². The number of nitrogens with one attached hydrogen (secondary N) is 1. The molecule has 0 bridgehead atoms. The second-order valence-electron chi connectivity index (χ2n) is 3.36. The molecule has 0 atom stereocenters. The van der Waals surface area contributed by atoms with Crippen LogP contribution in [0.25, 0.3) is 0 Å². The number of nitrogens with zero attached hydrogens (tertiary/aromatic N) is 1. The zero-order chi connectivity index (χ0) is 12.1. The number of ether oxygens (including phenoxy) is 1. The van der Waals surface area contributed by atoms with E-state index in [0.717, 1.165) is 0 Å². The van der Waals surface area contributed by atoms with Gasteiger partial charge in [0.1, 0.15) is 5.75 Å². The van der Waals surface area contributed by atoms with E-state index >= 15 is 0 Å². The summed E-state index contributed by atoms with van der Waals surface area (Å²) in [6.07, 6.45) is 0. The lowest BCUT2D eigenvalue weighted by Crippen LogP contribution is -2.07. The molecule has 0 saturated heterocycles. The van der Waals surface area contributed by atoms with Crippen LogP contribution in [0.4, 0.5) is 5.69 Å². The molecule has 2 rings (SSSR count). The maximum Gasteiger partial charge on any atom is 0.343 e. The fourth-order valence-corrected chi connectivity index (χ4v) is 1.33. The van der Waals surface area contributed by atoms with E-state index in [0.29, 0.717) is 17.0 Å². The van der Waals surface area contributed by atoms with E-state index in [2.05, 4.69) is 5.11 Å². The Labute approximate surface area is 98.4 Å². The third-order valence-electron chi connectivity index (χ3n) is 2.19. The molecule has 4 heteroatoms. The van der Waals surface area contributed by atoms with Gasteiger partial charge in [-0.15, -0.1) is 0 Å². The molecule has 0 saturated carbocycles. The van der Waals surface area contributed by atoms with E-state index in [4.69, 9.17) is 10.3 Å². The molecule has 0 aliphatic rings. The highest BCUT2D eigenvalue weighted by Crippen LogP contribution is 2.15. The number of esters is 1. The van der Waals surface area contributed by atoms with Gasteiger partial charge in [0, 0.05) is 0 Å². The van der Waals surface area contributed by atoms with Crippen molar-refractivity contribution in [3.05, 3.63) is 60.2 Å². The van der Waals surface area contributed by atoms with Gasteiger partial charge in [-0.05, 0) is 36.4 Å². The molecule has 1 N–H and O–H groups in total. The smallest absolute Gasteiger partial charge is 0.343 e. The summed E-state index contributed by atoms with van der Waals surface area (Å²) in [5, 5.41) is 3.25. The third-order valence-corrected chi connectivity index (χ3v) is 2.19. The number of rotatable bonds is 3. The zero-order valence-electron chi connectivity index (χ0n) is 8.96. The van der Waals surface area contributed by atoms with Crippen molar-refractivity contribution in [1.82, 2.24) is 0 Å². The summed E-state index contributed by atoms with van der Waals surface area (Å²) in [5.41, 5.74) is 7.74. The number of carbonyl (C=O) groups excluding carboxylic acids is 1. The Hall–Kier alpha value is -2.49. The highest BCUT2D eigenvalue weighted by Gasteiger charge is 2.07. The number of hydrogen-bond donors (Lipinski definition) is 1. The highest BCUT2D eigenvalue weighted by atomic mass is 16.5. The molecular weight excluding hydrogens is 216 g/mol. The first kappa shape index (κ1) is 11.0. The predicted molar refractivity (Wildman–Crippen MR) is 62.7 cm³/mol. The van der Waals surface area contributed by atoms with Gasteiger partial charge < -0.3 is 4.74 Å². The Morgan fingerprint density at radius 3 is 2.24 bits per heavy atom. The summed E-state index contributed by atoms with van der Waals surface area (Å²) >= 11 is 0. The summed E-state index contributed by atoms with van der Waals surface area (Å²) in [7, 11) is 0. The van der Waals surface area contributed by atoms with E-state index in [9.17, 15) is 4.79 Å². The van der Waals surface area contributed by atoms with Gasteiger partial charge in [-0.3, -0.25) is 0 Å². The first-order chi connectivity index (χ1) is 8.29. The van der Waals surface area contributed by atoms with Crippen LogP contribution in [-0.2, 0) is 0 Å². The summed E-state index contributed by atoms with van der Waals surface area (Å²) in [4.78, 5) is 11.7. The Balaban J connectivity index is 2.12. The van der Waals surface area contributed by atoms with Gasteiger partial charge in [0.15, 0.2) is 0 Å². The molecule has 0 radical (unpaired) electrons. The molecule has 0 aromatic heterocycles. The second kappa shape index (κ2) is 5.03. The Bertz CT molecular complexity index is 521. The van der Waals surface area contributed by atoms with Crippen molar-refractivity contribution in [2.24, 2.45) is 5.11 Å². The number of para-hydroxylation sites is 1. The van der Waals surface area contributed by atoms with E-state index in [-0.39, 0.29) is 0 Å². The van der Waals surface area contributed by atoms with Crippen LogP contribution in [0.15, 0.2) is 59.7 Å². The van der Waals surface area contributed by atoms with Crippen molar-refractivity contribution in [2.45, 2.75) is 0 Å². The second-order valence-corrected chi connectivity index (χ2v) is 3.36. The quantitative estimate of drug-likeness (QED) is 0.494. The van der Waals surface area contributed by atoms with Crippen LogP contribution in [-0.4, -0.2) is 5.97 Å². The average molecular weight is 226 g/mol. The monoisotopic (exact) mass is 226 g/mol. The molecular formula is C13H10N2O2. The standard InChI is InChI=1S/C13H10N2O2/c14-15-11-8-6-10(7-9-11)13(16)17-12-4-2-1-3-5-12/h1-9,14H. The lowest BCUT2D eigenvalue weighted by molar-refractivity contribution is 0.0735. The normalized spacial score (nSPS) is 9.65. The maximum absolute atomic E-state index is 11.7. The summed E-state index contributed by atoms with van der Waals surface area (Å²) in [5.74, 6) is 0.0829. The summed E-state index contributed by atoms with van der Waals surface area (Å²) in [6, 6.07) is 15.2. The lowest BCUT2D eigenvalue weighted by atomic mass is 10.2. The van der Waals surface area contributed by atoms with E-state index in [1.54, 1.807) is 48.5 Å². The van der Waals surface area contributed by atoms with Crippen molar-refractivity contribution in [3.8, 4) is 5.75 Å². The molecule has 2 aromatic carbocycles. The molecule has 2 aromatic rings. The Kier molecular flexibility index (Phi) is 3.25. The minimum Gasteiger partial charge on any atom is -0.423 e. The average Bonchev–Trinajstić information content (AvgIpc) is 2.40. The first-order valence-corrected chi connectivity index (χ1v) is 5.04. The van der Waals surface area contributed by atoms with Crippen LogP contribution in [0.2, 0.25) is 0 Å². The van der Waals surface area contributed by atoms with Gasteiger partial charge >= 0.3 is 5.97 Å². The molecule has 0 spiro atoms. The van der Waals surface area contributed by atoms with Gasteiger partial charge in [0.25, 0.3) is 0 Å². The molecule has 0 fully saturated rings. The van der Waals surface area contributed by atoms with Crippen molar-refractivity contribution >= 4 is 11.7 Å². The van der Waals surface area contributed by atoms with Crippen LogP contribution in [0.3, 0.4) is 0 Å². The maximum atomic E-state index is 11.7. The molecule has 0 aliphatic heterocycles. The Morgan fingerprint density at radius 2 is 1.65 bits per heavy atom. The Morgan fingerprint density at radius 1 is 1.00 bits per heavy atom. The lowest BCUT2D eigenvalue weighted by Gasteiger charge is -2.03. The first-order valence-electron chi connectivity index (χ1n) is 5.04. The molecule has 0 aliphatic carbocycles. The molecule has 4 nitrogen and oxygen atoms in total. The van der Waals surface area contributed by atoms with Gasteiger partial charge in [-0.2, -0.15) is 5.11 Å². The summed E-state index contributed by atoms with van der Waals surface area (Å²) in [6.45, 7) is 0. The molecule has 0 amide bonds. The zero-order valence-corrected chi connectivity index (χ0v) is 8.96. The minimum atomic E-state index is -0.423. The van der Waals surface area contributed by atoms with Crippen LogP contribution < -0.4 is 4.74 Å². The van der Waals surface area contributed by atoms with Crippen molar-refractivity contribution in [1.29, 1.82) is 5.53 Å². The SMILES string of the molecule is N=Nc1ccc(C(=O)Oc2ccccc2)cc1. The third kappa shape index (κ3) is 2.75. The number of hydrogen-bond acceptors (Lipinski definition) is 4. The number of carbonyl (C=O) groups is 1. The van der Waals surface area contributed by atoms with Crippen molar-refractivity contribution < 1.29 is 9.53 Å². The van der Waals surface area contributed by atoms with Crippen LogP contribution in [0.5, 0.6) is 5.75 Å². The van der Waals surface area contributed by atoms with Crippen molar-refractivity contribution in [3.63, 3.8) is 0 Å². The van der Waals surface area contributed by atoms with Gasteiger partial charge in [-0.1, -0.05) is 18.2 Å². The van der Waals surface area contributed by atoms with E-state index in [1.165, 1.54) is 0 Å². The minimum absolute atomic E-state index is 0.423. The number of benzene rings is 2. The molecule has 0 unspecified atom stereocenters. The largest absolute Gasteiger partial charge is 0.423 e. The van der Waals surface area contributed by atoms with Gasteiger partial charge in [0.05, 0.1) is 11.3 Å². The predicted octanol–water partition coefficient (Wildman–Crippen LogP) is 3.57. The highest BCUT2D eigenvalue weighted by molar-refractivity contribution is 5.91. The van der Waals surface area contributed by atoms with E-state index < -0.39 is 5.97 Å². The summed E-state index contributed by atoms with van der Waals surface area (Å²) < 4.78 is 5.16. The van der Waals surface area contributed by atoms with Gasteiger partial charge in [-0.25, -0.2) is 10.3 Å². The van der Waals surface area contributed by atoms with Crippen LogP contribution in [0.1, 0.15) is 10.4 Å². The molecule has 84 valence electrons. The fourth-order valence-electron chi connectivity index (χ4n) is 1.33. The van der Waals surface area contributed by atoms with Crippen molar-refractivity contribution in [2.75, 3.05) is 0 Å². The van der Waals surface area contributed by atoms with Gasteiger partial charge in [0.2, 0.25) is 0 Å². The topological polar surface area (TPSA) is 62.5 Å².